The predicted molar refractivity (Wildman–Crippen MR) is 507 cm³/mol. The molecule has 6 aliphatic carbocycles. The number of likely N-dealkylation sites (tertiary alicyclic amines) is 3. The second-order valence-electron chi connectivity index (χ2n) is 40.1. The average Bonchev–Trinajstić information content (AvgIpc) is 0.786. The fourth-order valence-electron chi connectivity index (χ4n) is 21.3. The third-order valence-electron chi connectivity index (χ3n) is 29.3. The molecule has 794 valence electrons. The van der Waals surface area contributed by atoms with Crippen LogP contribution in [0.25, 0.3) is 0 Å². The molecule has 6 aromatic rings. The summed E-state index contributed by atoms with van der Waals surface area (Å²) in [4.78, 5) is 101. The highest BCUT2D eigenvalue weighted by Gasteiger charge is 2.47. The number of nitrogens with zero attached hydrogens (tertiary/aromatic N) is 9. The number of pyridine rings is 3. The number of carboxylic acid groups (broad SMARTS) is 1. The first-order valence-corrected chi connectivity index (χ1v) is 50.1. The minimum absolute atomic E-state index is 0.00282. The molecule has 3 amide bonds. The maximum atomic E-state index is 14.2. The second kappa shape index (κ2) is 49.9. The van der Waals surface area contributed by atoms with Gasteiger partial charge in [0.25, 0.3) is 17.8 Å². The Hall–Kier alpha value is -9.67. The first-order valence-electron chi connectivity index (χ1n) is 49.7. The van der Waals surface area contributed by atoms with Gasteiger partial charge in [0.15, 0.2) is 0 Å². The number of aromatic nitrogens is 3. The Morgan fingerprint density at radius 1 is 0.396 bits per heavy atom. The van der Waals surface area contributed by atoms with Gasteiger partial charge in [-0.05, 0) is 300 Å². The number of benzene rings is 3. The Morgan fingerprint density at radius 2 is 0.688 bits per heavy atom. The number of amides is 3. The maximum absolute atomic E-state index is 14.2. The lowest BCUT2D eigenvalue weighted by molar-refractivity contribution is -0.139. The molecule has 144 heavy (non-hydrogen) atoms. The van der Waals surface area contributed by atoms with Crippen LogP contribution in [-0.4, -0.2) is 205 Å². The lowest BCUT2D eigenvalue weighted by Gasteiger charge is -2.40. The number of rotatable bonds is 25. The van der Waals surface area contributed by atoms with Gasteiger partial charge in [0, 0.05) is 115 Å². The number of hydrogen-bond acceptors (Lipinski definition) is 20. The van der Waals surface area contributed by atoms with Gasteiger partial charge in [-0.15, -0.1) is 0 Å². The minimum atomic E-state index is -4.89. The van der Waals surface area contributed by atoms with Crippen LogP contribution in [0, 0.1) is 35.5 Å². The molecule has 3 aliphatic heterocycles. The number of aromatic carboxylic acids is 1. The molecule has 2 N–H and O–H groups in total. The number of piperidine rings is 3. The van der Waals surface area contributed by atoms with Crippen molar-refractivity contribution in [1.29, 1.82) is 0 Å². The predicted octanol–water partition coefficient (Wildman–Crippen LogP) is 24.2. The number of esters is 2. The van der Waals surface area contributed by atoms with Gasteiger partial charge in [0.2, 0.25) is 29.5 Å². The van der Waals surface area contributed by atoms with E-state index in [1.165, 1.54) is 83.8 Å². The van der Waals surface area contributed by atoms with Crippen LogP contribution in [0.3, 0.4) is 0 Å². The Labute approximate surface area is 834 Å². The number of phenols is 1. The van der Waals surface area contributed by atoms with E-state index in [1.54, 1.807) is 37.2 Å². The summed E-state index contributed by atoms with van der Waals surface area (Å²) in [7, 11) is 7.54. The number of ether oxygens (including phenoxy) is 7. The molecule has 40 heteroatoms. The first-order chi connectivity index (χ1) is 68.1. The molecule has 6 saturated carbocycles. The van der Waals surface area contributed by atoms with Crippen molar-refractivity contribution in [3.63, 3.8) is 0 Å². The van der Waals surface area contributed by atoms with Gasteiger partial charge in [-0.25, -0.2) is 55.7 Å². The molecule has 3 aromatic heterocycles. The van der Waals surface area contributed by atoms with Crippen LogP contribution in [0.15, 0.2) is 91.4 Å². The maximum Gasteiger partial charge on any atom is 0.421 e. The Bertz CT molecular complexity index is 5310. The van der Waals surface area contributed by atoms with Gasteiger partial charge in [0.05, 0.1) is 91.5 Å². The van der Waals surface area contributed by atoms with Crippen molar-refractivity contribution in [3.8, 4) is 29.0 Å². The summed E-state index contributed by atoms with van der Waals surface area (Å²) in [5.74, 6) is -12.1. The summed E-state index contributed by atoms with van der Waals surface area (Å²) in [6.45, 7) is 5.85. The van der Waals surface area contributed by atoms with Crippen molar-refractivity contribution in [1.82, 2.24) is 29.7 Å². The van der Waals surface area contributed by atoms with Crippen LogP contribution in [0.4, 0.5) is 82.9 Å². The largest absolute Gasteiger partial charge is 0.508 e. The molecule has 0 atom stereocenters. The molecule has 0 spiro atoms. The molecule has 24 nitrogen and oxygen atoms in total. The minimum Gasteiger partial charge on any atom is -0.508 e. The highest BCUT2D eigenvalue weighted by molar-refractivity contribution is 6.30. The first kappa shape index (κ1) is 113. The molecule has 0 bridgehead atoms. The van der Waals surface area contributed by atoms with Crippen molar-refractivity contribution < 1.29 is 138 Å². The van der Waals surface area contributed by atoms with E-state index in [4.69, 9.17) is 44.8 Å². The van der Waals surface area contributed by atoms with E-state index in [9.17, 15) is 105 Å². The van der Waals surface area contributed by atoms with E-state index in [1.807, 2.05) is 4.90 Å². The Balaban J connectivity index is 0.000000180. The number of aromatic hydroxyl groups is 1. The van der Waals surface area contributed by atoms with Crippen molar-refractivity contribution in [2.45, 2.75) is 306 Å². The van der Waals surface area contributed by atoms with E-state index in [0.29, 0.717) is 107 Å². The summed E-state index contributed by atoms with van der Waals surface area (Å²) in [6, 6.07) is 14.8. The van der Waals surface area contributed by atoms with Gasteiger partial charge in [0.1, 0.15) is 33.5 Å². The Morgan fingerprint density at radius 3 is 0.986 bits per heavy atom. The molecule has 9 aliphatic rings. The number of methoxy groups -OCH3 is 5. The SMILES string of the molecule is COC(=O)c1cc(O)ccc1N(C(=O)C1CCC(C)CC1)C1CCC(OC)CC1.COC(=O)c1cc(Oc2ncc(CN3CCCC(F)(F)C3)cc2C(F)(F)F)ccc1N(C(=O)C1CCC(C)CC1)C1CCC(OC)CC1.COC1CCC(N(C(=O)C2CCC(C)CC2)c2ccc(Oc3ncc(CN4CCCC(F)(F)C4)cc3C(F)(F)F)cc2C(=O)O)CC1.FC1(F)CCCN(Cc2cnc(Cl)c(C(F)(F)F)c2)C1. The van der Waals surface area contributed by atoms with Gasteiger partial charge in [-0.3, -0.25) is 29.1 Å². The molecular formula is C104H131ClF15N9O15. The van der Waals surface area contributed by atoms with Crippen LogP contribution >= 0.6 is 11.6 Å². The topological polar surface area (TPSA) is 266 Å². The summed E-state index contributed by atoms with van der Waals surface area (Å²) in [5.41, 5.74) is -2.02. The molecule has 0 radical (unpaired) electrons. The van der Waals surface area contributed by atoms with Crippen LogP contribution in [0.5, 0.6) is 29.0 Å². The van der Waals surface area contributed by atoms with E-state index in [0.717, 1.165) is 133 Å². The highest BCUT2D eigenvalue weighted by atomic mass is 35.5. The zero-order valence-electron chi connectivity index (χ0n) is 82.4. The number of phenolic OH excluding ortho intramolecular Hbond substituents is 1. The van der Waals surface area contributed by atoms with E-state index in [-0.39, 0.29) is 180 Å². The third-order valence-corrected chi connectivity index (χ3v) is 29.6. The fraction of sp³-hybridized carbons (Fsp3) is 0.625. The van der Waals surface area contributed by atoms with Gasteiger partial charge in [-0.2, -0.15) is 39.5 Å². The van der Waals surface area contributed by atoms with E-state index < -0.39 is 107 Å². The standard InChI is InChI=1S/C35H44F5N3O5.C34H42F5N3O5.C23H33NO5.C12H12ClF5N2/c1-22-5-7-24(8-6-22)32(44)43(25-9-11-26(46-2)12-10-25)30-14-13-27(18-28(30)33(45)47-3)48-31-29(35(38,39)40)17-23(19-41-31)20-42-16-4-15-34(36,37)21-42;1-21-4-6-23(7-5-21)31(43)42(24-8-10-25(46-2)11-9-24)29-13-12-26(17-27(29)32(44)45)47-30-28(34(37,38)39)16-22(18-40-30)19-41-15-3-14-33(35,36)20-41;1-15-4-6-16(7-5-15)22(26)24(17-8-11-19(28-2)12-9-17)21-13-10-18(25)14-20(21)23(27)29-3;13-10-9(12(16,17)18)4-8(5-19-10)6-20-3-1-2-11(14,15)7-20/h13-14,17-19,22,24-26H,4-12,15-16,20-21H2,1-3H3;12-13,16-18,21,23-25H,3-11,14-15,19-20H2,1-2H3,(H,44,45);10,13-17,19,25H,4-9,11-12H2,1-3H3;4-5H,1-3,6-7H2. The third kappa shape index (κ3) is 30.8. The zero-order chi connectivity index (χ0) is 105. The highest BCUT2D eigenvalue weighted by Crippen LogP contribution is 2.48. The molecule has 9 fully saturated rings. The van der Waals surface area contributed by atoms with Crippen LogP contribution in [0.2, 0.25) is 5.15 Å². The molecule has 3 aromatic carbocycles. The molecular weight excluding hydrogens is 1940 g/mol. The lowest BCUT2D eigenvalue weighted by atomic mass is 9.81. The summed E-state index contributed by atoms with van der Waals surface area (Å²) < 4.78 is 243. The monoisotopic (exact) mass is 2070 g/mol. The van der Waals surface area contributed by atoms with Gasteiger partial charge >= 0.3 is 36.4 Å². The number of hydrogen-bond donors (Lipinski definition) is 2. The number of carboxylic acids is 1. The van der Waals surface area contributed by atoms with E-state index in [2.05, 4.69) is 35.7 Å². The van der Waals surface area contributed by atoms with Gasteiger partial charge in [-0.1, -0.05) is 32.4 Å². The normalized spacial score (nSPS) is 24.8. The van der Waals surface area contributed by atoms with Crippen LogP contribution in [0.1, 0.15) is 278 Å². The Kier molecular flexibility index (Phi) is 39.2. The number of carbonyl (C=O) groups excluding carboxylic acids is 5. The van der Waals surface area contributed by atoms with Crippen molar-refractivity contribution >= 4 is 64.3 Å². The number of alkyl halides is 15. The molecule has 0 unspecified atom stereocenters. The van der Waals surface area contributed by atoms with Crippen LogP contribution < -0.4 is 24.2 Å². The molecule has 15 rings (SSSR count). The number of halogens is 16. The number of carbonyl (C=O) groups is 6. The van der Waals surface area contributed by atoms with Crippen molar-refractivity contribution in [2.24, 2.45) is 35.5 Å². The van der Waals surface area contributed by atoms with Crippen molar-refractivity contribution in [2.75, 3.05) is 89.5 Å². The summed E-state index contributed by atoms with van der Waals surface area (Å²) in [5, 5.41) is 19.6. The molecule has 6 heterocycles. The van der Waals surface area contributed by atoms with Crippen LogP contribution in [-0.2, 0) is 76.2 Å². The fourth-order valence-corrected chi connectivity index (χ4v) is 21.5. The zero-order valence-corrected chi connectivity index (χ0v) is 83.2. The lowest BCUT2D eigenvalue weighted by Crippen LogP contribution is -2.47. The second-order valence-corrected chi connectivity index (χ2v) is 40.5. The smallest absolute Gasteiger partial charge is 0.421 e. The summed E-state index contributed by atoms with van der Waals surface area (Å²) >= 11 is 5.40. The number of anilines is 3. The average molecular weight is 2070 g/mol. The van der Waals surface area contributed by atoms with Gasteiger partial charge < -0.3 is 58.1 Å². The molecule has 3 saturated heterocycles. The van der Waals surface area contributed by atoms with E-state index >= 15 is 0 Å². The van der Waals surface area contributed by atoms with Crippen molar-refractivity contribution in [3.05, 3.63) is 147 Å². The quantitative estimate of drug-likeness (QED) is 0.0306. The summed E-state index contributed by atoms with van der Waals surface area (Å²) in [6.07, 6.45) is 8.87.